The number of rotatable bonds is 1. The molecule has 3 nitrogen and oxygen atoms in total. The molecule has 0 saturated carbocycles. The molecule has 15 heavy (non-hydrogen) atoms. The van der Waals surface area contributed by atoms with E-state index in [1.54, 1.807) is 6.07 Å². The lowest BCUT2D eigenvalue weighted by molar-refractivity contribution is -0.121. The topological polar surface area (TPSA) is 29.5 Å². The summed E-state index contributed by atoms with van der Waals surface area (Å²) in [4.78, 5) is 13.0. The maximum Gasteiger partial charge on any atom is 0.265 e. The number of fused-ring (bicyclic) bond motifs is 1. The molecule has 0 spiro atoms. The second kappa shape index (κ2) is 3.81. The molecule has 2 rings (SSSR count). The summed E-state index contributed by atoms with van der Waals surface area (Å²) in [6.45, 7) is 2.25. The van der Waals surface area contributed by atoms with E-state index >= 15 is 0 Å². The molecule has 0 unspecified atom stereocenters. The van der Waals surface area contributed by atoms with E-state index in [-0.39, 0.29) is 18.3 Å². The molecule has 80 valence electrons. The van der Waals surface area contributed by atoms with Crippen LogP contribution in [0, 0.1) is 5.82 Å². The minimum atomic E-state index is -0.453. The third-order valence-corrected chi connectivity index (χ3v) is 2.69. The second-order valence-electron chi connectivity index (χ2n) is 3.16. The minimum Gasteiger partial charge on any atom is -0.478 e. The van der Waals surface area contributed by atoms with Crippen molar-refractivity contribution >= 4 is 27.5 Å². The largest absolute Gasteiger partial charge is 0.478 e. The van der Waals surface area contributed by atoms with Gasteiger partial charge in [-0.05, 0) is 19.1 Å². The molecule has 1 aromatic rings. The summed E-state index contributed by atoms with van der Waals surface area (Å²) < 4.78 is 19.1. The molecule has 0 aromatic heterocycles. The van der Waals surface area contributed by atoms with Crippen LogP contribution in [0.3, 0.4) is 0 Å². The van der Waals surface area contributed by atoms with Gasteiger partial charge in [-0.3, -0.25) is 4.79 Å². The molecule has 1 aliphatic heterocycles. The van der Waals surface area contributed by atoms with Crippen molar-refractivity contribution in [2.45, 2.75) is 6.92 Å². The Morgan fingerprint density at radius 2 is 2.33 bits per heavy atom. The zero-order valence-electron chi connectivity index (χ0n) is 8.09. The molecule has 0 bridgehead atoms. The Labute approximate surface area is 95.0 Å². The van der Waals surface area contributed by atoms with Gasteiger partial charge in [-0.2, -0.15) is 0 Å². The molecule has 0 aliphatic carbocycles. The van der Waals surface area contributed by atoms with E-state index in [4.69, 9.17) is 4.74 Å². The Bertz CT molecular complexity index is 422. The lowest BCUT2D eigenvalue weighted by Gasteiger charge is -2.28. The highest BCUT2D eigenvalue weighted by Gasteiger charge is 2.27. The van der Waals surface area contributed by atoms with Crippen molar-refractivity contribution in [1.82, 2.24) is 0 Å². The average Bonchev–Trinajstić information content (AvgIpc) is 2.17. The number of halogens is 2. The standard InChI is InChI=1S/C10H9BrFNO2/c1-2-13-8-4-6(11)3-7(12)10(8)15-5-9(13)14/h3-4H,2,5H2,1H3. The van der Waals surface area contributed by atoms with Gasteiger partial charge in [-0.15, -0.1) is 0 Å². The third kappa shape index (κ3) is 1.71. The lowest BCUT2D eigenvalue weighted by atomic mass is 10.2. The molecule has 1 heterocycles. The van der Waals surface area contributed by atoms with Crippen molar-refractivity contribution in [2.24, 2.45) is 0 Å². The van der Waals surface area contributed by atoms with Crippen LogP contribution in [0.2, 0.25) is 0 Å². The predicted molar refractivity (Wildman–Crippen MR) is 57.6 cm³/mol. The number of hydrogen-bond donors (Lipinski definition) is 0. The van der Waals surface area contributed by atoms with Crippen LogP contribution in [0.4, 0.5) is 10.1 Å². The van der Waals surface area contributed by atoms with Crippen LogP contribution in [0.5, 0.6) is 5.75 Å². The first kappa shape index (κ1) is 10.4. The molecule has 0 N–H and O–H groups in total. The number of nitrogens with zero attached hydrogens (tertiary/aromatic N) is 1. The van der Waals surface area contributed by atoms with E-state index < -0.39 is 5.82 Å². The third-order valence-electron chi connectivity index (χ3n) is 2.24. The summed E-state index contributed by atoms with van der Waals surface area (Å²) in [6, 6.07) is 3.00. The highest BCUT2D eigenvalue weighted by atomic mass is 79.9. The van der Waals surface area contributed by atoms with Gasteiger partial charge in [-0.25, -0.2) is 4.39 Å². The van der Waals surface area contributed by atoms with Gasteiger partial charge in [0.25, 0.3) is 5.91 Å². The first-order chi connectivity index (χ1) is 7.13. The van der Waals surface area contributed by atoms with Crippen molar-refractivity contribution in [3.63, 3.8) is 0 Å². The molecule has 0 fully saturated rings. The zero-order valence-corrected chi connectivity index (χ0v) is 9.67. The van der Waals surface area contributed by atoms with Gasteiger partial charge in [-0.1, -0.05) is 15.9 Å². The van der Waals surface area contributed by atoms with E-state index in [2.05, 4.69) is 15.9 Å². The smallest absolute Gasteiger partial charge is 0.265 e. The fraction of sp³-hybridized carbons (Fsp3) is 0.300. The van der Waals surface area contributed by atoms with Crippen LogP contribution in [-0.4, -0.2) is 19.1 Å². The van der Waals surface area contributed by atoms with Crippen molar-refractivity contribution in [3.8, 4) is 5.75 Å². The number of amides is 1. The van der Waals surface area contributed by atoms with Crippen LogP contribution in [0.1, 0.15) is 6.92 Å². The molecular weight excluding hydrogens is 265 g/mol. The molecule has 1 aliphatic rings. The van der Waals surface area contributed by atoms with E-state index in [9.17, 15) is 9.18 Å². The lowest BCUT2D eigenvalue weighted by Crippen LogP contribution is -2.38. The summed E-state index contributed by atoms with van der Waals surface area (Å²) in [5.41, 5.74) is 0.487. The Kier molecular flexibility index (Phi) is 2.65. The minimum absolute atomic E-state index is 0.0978. The van der Waals surface area contributed by atoms with Gasteiger partial charge < -0.3 is 9.64 Å². The fourth-order valence-electron chi connectivity index (χ4n) is 1.58. The number of likely N-dealkylation sites (N-methyl/N-ethyl adjacent to an activating group) is 1. The van der Waals surface area contributed by atoms with E-state index in [0.717, 1.165) is 0 Å². The highest BCUT2D eigenvalue weighted by molar-refractivity contribution is 9.10. The van der Waals surface area contributed by atoms with E-state index in [0.29, 0.717) is 16.7 Å². The van der Waals surface area contributed by atoms with E-state index in [1.165, 1.54) is 11.0 Å². The first-order valence-electron chi connectivity index (χ1n) is 4.55. The fourth-order valence-corrected chi connectivity index (χ4v) is 2.00. The van der Waals surface area contributed by atoms with Crippen LogP contribution in [0.25, 0.3) is 0 Å². The normalized spacial score (nSPS) is 14.9. The van der Waals surface area contributed by atoms with Crippen LogP contribution >= 0.6 is 15.9 Å². The number of benzene rings is 1. The van der Waals surface area contributed by atoms with Crippen LogP contribution in [0.15, 0.2) is 16.6 Å². The predicted octanol–water partition coefficient (Wildman–Crippen LogP) is 2.33. The summed E-state index contributed by atoms with van der Waals surface area (Å²) in [5.74, 6) is -0.451. The second-order valence-corrected chi connectivity index (χ2v) is 4.08. The van der Waals surface area contributed by atoms with Crippen LogP contribution < -0.4 is 9.64 Å². The Morgan fingerprint density at radius 3 is 3.00 bits per heavy atom. The summed E-state index contributed by atoms with van der Waals surface area (Å²) in [6.07, 6.45) is 0. The maximum absolute atomic E-state index is 13.5. The van der Waals surface area contributed by atoms with Gasteiger partial charge in [0.05, 0.1) is 5.69 Å². The van der Waals surface area contributed by atoms with E-state index in [1.807, 2.05) is 6.92 Å². The average molecular weight is 274 g/mol. The van der Waals surface area contributed by atoms with Crippen molar-refractivity contribution in [1.29, 1.82) is 0 Å². The number of carbonyl (C=O) groups is 1. The summed E-state index contributed by atoms with van der Waals surface area (Å²) >= 11 is 3.18. The maximum atomic E-state index is 13.5. The molecule has 1 aromatic carbocycles. The molecule has 5 heteroatoms. The zero-order chi connectivity index (χ0) is 11.0. The molecule has 0 atom stereocenters. The first-order valence-corrected chi connectivity index (χ1v) is 5.35. The van der Waals surface area contributed by atoms with Crippen molar-refractivity contribution < 1.29 is 13.9 Å². The van der Waals surface area contributed by atoms with Crippen LogP contribution in [-0.2, 0) is 4.79 Å². The molecule has 0 radical (unpaired) electrons. The monoisotopic (exact) mass is 273 g/mol. The van der Waals surface area contributed by atoms with Crippen molar-refractivity contribution in [2.75, 3.05) is 18.1 Å². The Balaban J connectivity index is 2.57. The molecular formula is C10H9BrFNO2. The van der Waals surface area contributed by atoms with Gasteiger partial charge in [0.1, 0.15) is 0 Å². The highest BCUT2D eigenvalue weighted by Crippen LogP contribution is 2.36. The summed E-state index contributed by atoms with van der Waals surface area (Å²) in [7, 11) is 0. The Hall–Kier alpha value is -1.10. The Morgan fingerprint density at radius 1 is 1.60 bits per heavy atom. The molecule has 1 amide bonds. The number of carbonyl (C=O) groups excluding carboxylic acids is 1. The number of hydrogen-bond acceptors (Lipinski definition) is 2. The SMILES string of the molecule is CCN1C(=O)COc2c(F)cc(Br)cc21. The van der Waals surface area contributed by atoms with Gasteiger partial charge in [0.15, 0.2) is 18.2 Å². The quantitative estimate of drug-likeness (QED) is 0.786. The number of anilines is 1. The summed E-state index contributed by atoms with van der Waals surface area (Å²) in [5, 5.41) is 0. The van der Waals surface area contributed by atoms with Gasteiger partial charge >= 0.3 is 0 Å². The molecule has 0 saturated heterocycles. The number of ether oxygens (including phenoxy) is 1. The van der Waals surface area contributed by atoms with Gasteiger partial charge in [0.2, 0.25) is 0 Å². The van der Waals surface area contributed by atoms with Crippen molar-refractivity contribution in [3.05, 3.63) is 22.4 Å². The van der Waals surface area contributed by atoms with Gasteiger partial charge in [0, 0.05) is 11.0 Å².